The average Bonchev–Trinajstić information content (AvgIpc) is 3.09. The lowest BCUT2D eigenvalue weighted by Gasteiger charge is -2.35. The second kappa shape index (κ2) is 9.48. The van der Waals surface area contributed by atoms with Crippen molar-refractivity contribution in [2.75, 3.05) is 65.6 Å². The molecule has 0 saturated carbocycles. The number of likely N-dealkylation sites (tertiary alicyclic amines) is 1. The highest BCUT2D eigenvalue weighted by Crippen LogP contribution is 2.26. The molecule has 24 heavy (non-hydrogen) atoms. The first-order chi connectivity index (χ1) is 11.7. The first-order valence-electron chi connectivity index (χ1n) is 10.1. The van der Waals surface area contributed by atoms with Crippen LogP contribution in [0.25, 0.3) is 0 Å². The van der Waals surface area contributed by atoms with Crippen molar-refractivity contribution in [2.45, 2.75) is 45.3 Å². The van der Waals surface area contributed by atoms with Crippen molar-refractivity contribution in [1.29, 1.82) is 0 Å². The first kappa shape index (κ1) is 18.6. The third-order valence-corrected chi connectivity index (χ3v) is 6.01. The van der Waals surface area contributed by atoms with Crippen molar-refractivity contribution in [3.05, 3.63) is 0 Å². The van der Waals surface area contributed by atoms with E-state index < -0.39 is 0 Å². The Hall–Kier alpha value is -0.200. The van der Waals surface area contributed by atoms with Crippen LogP contribution >= 0.6 is 0 Å². The summed E-state index contributed by atoms with van der Waals surface area (Å²) in [6.07, 6.45) is 4.28. The molecule has 5 nitrogen and oxygen atoms in total. The van der Waals surface area contributed by atoms with E-state index in [1.807, 2.05) is 0 Å². The zero-order chi connectivity index (χ0) is 16.8. The third-order valence-electron chi connectivity index (χ3n) is 6.01. The molecular formula is C19H37N3O2. The standard InChI is InChI=1S/C19H37N3O2/c1-16(2)19-17(5-12-24-19)15-20-18-3-6-21(7-4-18)8-9-22-10-13-23-14-11-22/h16-20H,3-15H2,1-2H3/t17-,19-/m1/s1. The molecule has 3 saturated heterocycles. The van der Waals surface area contributed by atoms with Crippen LogP contribution in [-0.2, 0) is 9.47 Å². The highest BCUT2D eigenvalue weighted by Gasteiger charge is 2.31. The number of hydrogen-bond acceptors (Lipinski definition) is 5. The maximum absolute atomic E-state index is 5.91. The SMILES string of the molecule is CC(C)[C@H]1OCC[C@@H]1CNC1CCN(CCN2CCOCC2)CC1. The molecule has 3 aliphatic rings. The Morgan fingerprint density at radius 2 is 1.58 bits per heavy atom. The van der Waals surface area contributed by atoms with Gasteiger partial charge in [-0.05, 0) is 44.2 Å². The van der Waals surface area contributed by atoms with Gasteiger partial charge in [-0.2, -0.15) is 0 Å². The maximum Gasteiger partial charge on any atom is 0.0639 e. The van der Waals surface area contributed by atoms with Crippen LogP contribution in [0.3, 0.4) is 0 Å². The largest absolute Gasteiger partial charge is 0.379 e. The lowest BCUT2D eigenvalue weighted by molar-refractivity contribution is 0.0316. The zero-order valence-electron chi connectivity index (χ0n) is 15.7. The smallest absolute Gasteiger partial charge is 0.0639 e. The number of hydrogen-bond donors (Lipinski definition) is 1. The fourth-order valence-electron chi connectivity index (χ4n) is 4.40. The van der Waals surface area contributed by atoms with Crippen molar-refractivity contribution in [3.8, 4) is 0 Å². The van der Waals surface area contributed by atoms with E-state index in [1.54, 1.807) is 0 Å². The Labute approximate surface area is 148 Å². The summed E-state index contributed by atoms with van der Waals surface area (Å²) in [5.41, 5.74) is 0. The molecule has 0 aromatic carbocycles. The highest BCUT2D eigenvalue weighted by molar-refractivity contribution is 4.84. The van der Waals surface area contributed by atoms with Gasteiger partial charge in [-0.1, -0.05) is 13.8 Å². The zero-order valence-corrected chi connectivity index (χ0v) is 15.7. The molecule has 1 N–H and O–H groups in total. The molecule has 140 valence electrons. The molecule has 3 aliphatic heterocycles. The van der Waals surface area contributed by atoms with Gasteiger partial charge in [0.1, 0.15) is 0 Å². The molecule has 0 aliphatic carbocycles. The van der Waals surface area contributed by atoms with E-state index in [0.717, 1.165) is 39.5 Å². The van der Waals surface area contributed by atoms with Gasteiger partial charge in [-0.15, -0.1) is 0 Å². The van der Waals surface area contributed by atoms with Crippen LogP contribution in [0, 0.1) is 11.8 Å². The van der Waals surface area contributed by atoms with Gasteiger partial charge in [0, 0.05) is 45.4 Å². The quantitative estimate of drug-likeness (QED) is 0.759. The summed E-state index contributed by atoms with van der Waals surface area (Å²) in [5, 5.41) is 3.84. The fraction of sp³-hybridized carbons (Fsp3) is 1.00. The van der Waals surface area contributed by atoms with Gasteiger partial charge < -0.3 is 19.7 Å². The molecule has 3 heterocycles. The number of nitrogens with zero attached hydrogens (tertiary/aromatic N) is 2. The first-order valence-corrected chi connectivity index (χ1v) is 10.1. The van der Waals surface area contributed by atoms with E-state index in [2.05, 4.69) is 29.0 Å². The van der Waals surface area contributed by atoms with Crippen LogP contribution in [0.4, 0.5) is 0 Å². The monoisotopic (exact) mass is 339 g/mol. The predicted molar refractivity (Wildman–Crippen MR) is 97.4 cm³/mol. The van der Waals surface area contributed by atoms with E-state index in [9.17, 15) is 0 Å². The summed E-state index contributed by atoms with van der Waals surface area (Å²) in [5.74, 6) is 1.35. The molecule has 3 rings (SSSR count). The van der Waals surface area contributed by atoms with Crippen molar-refractivity contribution in [3.63, 3.8) is 0 Å². The summed E-state index contributed by atoms with van der Waals surface area (Å²) in [6.45, 7) is 15.6. The Kier molecular flexibility index (Phi) is 7.35. The van der Waals surface area contributed by atoms with Crippen molar-refractivity contribution >= 4 is 0 Å². The lowest BCUT2D eigenvalue weighted by atomic mass is 9.92. The molecule has 5 heteroatoms. The minimum absolute atomic E-state index is 0.464. The minimum atomic E-state index is 0.464. The van der Waals surface area contributed by atoms with Crippen molar-refractivity contribution in [1.82, 2.24) is 15.1 Å². The Balaban J connectivity index is 1.29. The topological polar surface area (TPSA) is 37.0 Å². The summed E-state index contributed by atoms with van der Waals surface area (Å²) in [6, 6.07) is 0.707. The van der Waals surface area contributed by atoms with Gasteiger partial charge in [0.15, 0.2) is 0 Å². The molecule has 0 aromatic heterocycles. The molecule has 0 radical (unpaired) electrons. The Bertz CT molecular complexity index is 353. The van der Waals surface area contributed by atoms with E-state index in [4.69, 9.17) is 9.47 Å². The Morgan fingerprint density at radius 3 is 2.25 bits per heavy atom. The molecule has 3 fully saturated rings. The van der Waals surface area contributed by atoms with E-state index in [1.165, 1.54) is 45.4 Å². The minimum Gasteiger partial charge on any atom is -0.379 e. The van der Waals surface area contributed by atoms with Gasteiger partial charge in [0.25, 0.3) is 0 Å². The van der Waals surface area contributed by atoms with Crippen LogP contribution in [0.2, 0.25) is 0 Å². The normalized spacial score (nSPS) is 31.1. The van der Waals surface area contributed by atoms with Crippen LogP contribution in [0.15, 0.2) is 0 Å². The van der Waals surface area contributed by atoms with E-state index in [-0.39, 0.29) is 0 Å². The summed E-state index contributed by atoms with van der Waals surface area (Å²) in [4.78, 5) is 5.18. The molecule has 0 spiro atoms. The number of rotatable bonds is 7. The van der Waals surface area contributed by atoms with Crippen LogP contribution in [0.1, 0.15) is 33.1 Å². The maximum atomic E-state index is 5.91. The number of nitrogens with one attached hydrogen (secondary N) is 1. The molecule has 2 atom stereocenters. The summed E-state index contributed by atoms with van der Waals surface area (Å²) >= 11 is 0. The van der Waals surface area contributed by atoms with Gasteiger partial charge in [0.05, 0.1) is 19.3 Å². The second-order valence-electron chi connectivity index (χ2n) is 8.11. The van der Waals surface area contributed by atoms with E-state index in [0.29, 0.717) is 24.0 Å². The highest BCUT2D eigenvalue weighted by atomic mass is 16.5. The van der Waals surface area contributed by atoms with Gasteiger partial charge in [-0.3, -0.25) is 4.90 Å². The molecule has 0 unspecified atom stereocenters. The lowest BCUT2D eigenvalue weighted by Crippen LogP contribution is -2.47. The van der Waals surface area contributed by atoms with Crippen LogP contribution < -0.4 is 5.32 Å². The van der Waals surface area contributed by atoms with E-state index >= 15 is 0 Å². The summed E-state index contributed by atoms with van der Waals surface area (Å²) in [7, 11) is 0. The van der Waals surface area contributed by atoms with Crippen LogP contribution in [-0.4, -0.2) is 87.6 Å². The van der Waals surface area contributed by atoms with Crippen molar-refractivity contribution in [2.24, 2.45) is 11.8 Å². The third kappa shape index (κ3) is 5.40. The van der Waals surface area contributed by atoms with Gasteiger partial charge in [-0.25, -0.2) is 0 Å². The van der Waals surface area contributed by atoms with Gasteiger partial charge in [0.2, 0.25) is 0 Å². The molecular weight excluding hydrogens is 302 g/mol. The van der Waals surface area contributed by atoms with Crippen molar-refractivity contribution < 1.29 is 9.47 Å². The van der Waals surface area contributed by atoms with Crippen LogP contribution in [0.5, 0.6) is 0 Å². The predicted octanol–water partition coefficient (Wildman–Crippen LogP) is 1.43. The fourth-order valence-corrected chi connectivity index (χ4v) is 4.40. The molecule has 0 aromatic rings. The average molecular weight is 340 g/mol. The molecule has 0 amide bonds. The number of morpholine rings is 1. The number of piperidine rings is 1. The second-order valence-corrected chi connectivity index (χ2v) is 8.11. The molecule has 0 bridgehead atoms. The summed E-state index contributed by atoms with van der Waals surface area (Å²) < 4.78 is 11.3. The van der Waals surface area contributed by atoms with Gasteiger partial charge >= 0.3 is 0 Å². The Morgan fingerprint density at radius 1 is 0.917 bits per heavy atom. The number of ether oxygens (including phenoxy) is 2.